The third-order valence-electron chi connectivity index (χ3n) is 7.01. The van der Waals surface area contributed by atoms with Gasteiger partial charge in [-0.1, -0.05) is 77.0 Å². The van der Waals surface area contributed by atoms with Crippen molar-refractivity contribution >= 4 is 28.2 Å². The number of hydrogen-bond donors (Lipinski definition) is 1. The molecule has 11 heteroatoms. The van der Waals surface area contributed by atoms with Crippen molar-refractivity contribution in [3.63, 3.8) is 0 Å². The Balaban J connectivity index is 3.43. The van der Waals surface area contributed by atoms with Crippen LogP contribution in [0.15, 0.2) is 35.4 Å². The van der Waals surface area contributed by atoms with Crippen LogP contribution in [0, 0.1) is 5.92 Å². The first kappa shape index (κ1) is 34.1. The number of ether oxygens (including phenoxy) is 1. The zero-order valence-electron chi connectivity index (χ0n) is 25.5. The molecule has 1 aromatic carbocycles. The number of azide groups is 1. The minimum absolute atomic E-state index is 0.00169. The lowest BCUT2D eigenvalue weighted by Crippen LogP contribution is -2.62. The molecule has 0 aromatic heterocycles. The van der Waals surface area contributed by atoms with Crippen molar-refractivity contribution in [2.45, 2.75) is 97.1 Å². The minimum Gasteiger partial charge on any atom is -0.444 e. The lowest BCUT2D eigenvalue weighted by atomic mass is 10.0. The van der Waals surface area contributed by atoms with Crippen molar-refractivity contribution in [1.29, 1.82) is 0 Å². The van der Waals surface area contributed by atoms with E-state index in [-0.39, 0.29) is 29.1 Å². The van der Waals surface area contributed by atoms with E-state index >= 15 is 0 Å². The summed E-state index contributed by atoms with van der Waals surface area (Å²) in [5, 5.41) is 7.52. The standard InChI is InChI=1S/C27H50N4O5Si2/c1-25(2,3)36-24(32)30-23(21(18-29-31-28)19-34-37(11,12)26(4,5)6)20-35-38(33-10,27(7,8)9)22-16-14-13-15-17-22/h13-17,21,23H,18-20H2,1-12H3,(H,30,32). The summed E-state index contributed by atoms with van der Waals surface area (Å²) in [5.41, 5.74) is 8.44. The van der Waals surface area contributed by atoms with Crippen LogP contribution in [0.2, 0.25) is 23.2 Å². The number of amides is 1. The number of carbonyl (C=O) groups excluding carboxylic acids is 1. The summed E-state index contributed by atoms with van der Waals surface area (Å²) in [7, 11) is -3.44. The maximum absolute atomic E-state index is 12.9. The van der Waals surface area contributed by atoms with Gasteiger partial charge in [0.25, 0.3) is 0 Å². The monoisotopic (exact) mass is 566 g/mol. The van der Waals surface area contributed by atoms with E-state index in [9.17, 15) is 4.79 Å². The van der Waals surface area contributed by atoms with Crippen LogP contribution in [-0.2, 0) is 18.0 Å². The normalized spacial score (nSPS) is 16.1. The number of nitrogens with zero attached hydrogens (tertiary/aromatic N) is 3. The van der Waals surface area contributed by atoms with E-state index in [1.165, 1.54) is 0 Å². The van der Waals surface area contributed by atoms with Gasteiger partial charge in [0.2, 0.25) is 0 Å². The molecule has 3 atom stereocenters. The van der Waals surface area contributed by atoms with E-state index in [4.69, 9.17) is 23.5 Å². The summed E-state index contributed by atoms with van der Waals surface area (Å²) in [5.74, 6) is -0.341. The first-order valence-electron chi connectivity index (χ1n) is 13.2. The minimum atomic E-state index is -3.00. The van der Waals surface area contributed by atoms with Gasteiger partial charge < -0.3 is 23.3 Å². The predicted molar refractivity (Wildman–Crippen MR) is 158 cm³/mol. The zero-order chi connectivity index (χ0) is 29.4. The Bertz CT molecular complexity index is 936. The molecule has 1 N–H and O–H groups in total. The van der Waals surface area contributed by atoms with E-state index in [1.807, 2.05) is 51.1 Å². The van der Waals surface area contributed by atoms with Crippen molar-refractivity contribution in [3.8, 4) is 0 Å². The smallest absolute Gasteiger partial charge is 0.407 e. The zero-order valence-corrected chi connectivity index (χ0v) is 27.5. The molecule has 0 bridgehead atoms. The summed E-state index contributed by atoms with van der Waals surface area (Å²) < 4.78 is 25.0. The third-order valence-corrected chi connectivity index (χ3v) is 15.7. The molecule has 0 aliphatic rings. The Morgan fingerprint density at radius 1 is 0.974 bits per heavy atom. The molecule has 0 aliphatic carbocycles. The fraction of sp³-hybridized carbons (Fsp3) is 0.741. The molecule has 1 amide bonds. The molecule has 0 spiro atoms. The fourth-order valence-corrected chi connectivity index (χ4v) is 8.35. The van der Waals surface area contributed by atoms with Gasteiger partial charge >= 0.3 is 14.7 Å². The van der Waals surface area contributed by atoms with Crippen LogP contribution in [0.1, 0.15) is 62.3 Å². The van der Waals surface area contributed by atoms with Crippen molar-refractivity contribution in [3.05, 3.63) is 40.8 Å². The quantitative estimate of drug-likeness (QED) is 0.132. The number of benzene rings is 1. The molecular weight excluding hydrogens is 516 g/mol. The van der Waals surface area contributed by atoms with Gasteiger partial charge in [-0.05, 0) is 49.6 Å². The maximum atomic E-state index is 12.9. The Kier molecular flexibility index (Phi) is 12.1. The molecule has 0 saturated carbocycles. The van der Waals surface area contributed by atoms with Crippen LogP contribution >= 0.6 is 0 Å². The summed E-state index contributed by atoms with van der Waals surface area (Å²) in [6.45, 7) is 23.2. The second-order valence-corrected chi connectivity index (χ2v) is 22.1. The van der Waals surface area contributed by atoms with Gasteiger partial charge in [0.05, 0.1) is 12.6 Å². The fourth-order valence-electron chi connectivity index (χ4n) is 3.80. The summed E-state index contributed by atoms with van der Waals surface area (Å²) in [6.07, 6.45) is -0.565. The maximum Gasteiger partial charge on any atom is 0.407 e. The van der Waals surface area contributed by atoms with Crippen LogP contribution in [0.25, 0.3) is 10.4 Å². The molecule has 3 unspecified atom stereocenters. The average Bonchev–Trinajstić information content (AvgIpc) is 2.77. The van der Waals surface area contributed by atoms with E-state index in [2.05, 4.69) is 70.0 Å². The van der Waals surface area contributed by atoms with E-state index in [0.717, 1.165) is 5.19 Å². The molecule has 0 heterocycles. The molecule has 0 fully saturated rings. The highest BCUT2D eigenvalue weighted by Gasteiger charge is 2.51. The van der Waals surface area contributed by atoms with Crippen molar-refractivity contribution in [2.24, 2.45) is 11.0 Å². The van der Waals surface area contributed by atoms with Crippen LogP contribution in [-0.4, -0.2) is 61.5 Å². The first-order chi connectivity index (χ1) is 17.3. The summed E-state index contributed by atoms with van der Waals surface area (Å²) >= 11 is 0. The van der Waals surface area contributed by atoms with Gasteiger partial charge in [0.15, 0.2) is 8.32 Å². The third kappa shape index (κ3) is 9.70. The average molecular weight is 567 g/mol. The Morgan fingerprint density at radius 2 is 1.55 bits per heavy atom. The Hall–Kier alpha value is -1.89. The highest BCUT2D eigenvalue weighted by Crippen LogP contribution is 2.38. The van der Waals surface area contributed by atoms with E-state index < -0.39 is 34.6 Å². The number of nitrogens with one attached hydrogen (secondary N) is 1. The van der Waals surface area contributed by atoms with Gasteiger partial charge in [-0.3, -0.25) is 0 Å². The Labute approximate surface area is 232 Å². The lowest BCUT2D eigenvalue weighted by Gasteiger charge is -2.42. The van der Waals surface area contributed by atoms with Gasteiger partial charge in [0, 0.05) is 36.1 Å². The SMILES string of the molecule is CO[Si](OCC(NC(=O)OC(C)(C)C)C(CN=[N+]=[N-])CO[Si](C)(C)C(C)(C)C)(c1ccccc1)C(C)(C)C. The van der Waals surface area contributed by atoms with E-state index in [1.54, 1.807) is 7.11 Å². The van der Waals surface area contributed by atoms with Crippen LogP contribution in [0.5, 0.6) is 0 Å². The molecule has 216 valence electrons. The molecule has 9 nitrogen and oxygen atoms in total. The van der Waals surface area contributed by atoms with Crippen molar-refractivity contribution in [2.75, 3.05) is 26.9 Å². The highest BCUT2D eigenvalue weighted by atomic mass is 28.4. The topological polar surface area (TPSA) is 115 Å². The number of rotatable bonds is 12. The molecule has 0 saturated heterocycles. The Morgan fingerprint density at radius 3 is 2.00 bits per heavy atom. The second kappa shape index (κ2) is 13.5. The predicted octanol–water partition coefficient (Wildman–Crippen LogP) is 6.64. The summed E-state index contributed by atoms with van der Waals surface area (Å²) in [6, 6.07) is 9.40. The van der Waals surface area contributed by atoms with Gasteiger partial charge in [-0.15, -0.1) is 0 Å². The largest absolute Gasteiger partial charge is 0.444 e. The van der Waals surface area contributed by atoms with Crippen LogP contribution in [0.3, 0.4) is 0 Å². The molecule has 0 aliphatic heterocycles. The van der Waals surface area contributed by atoms with Crippen molar-refractivity contribution in [1.82, 2.24) is 5.32 Å². The summed E-state index contributed by atoms with van der Waals surface area (Å²) in [4.78, 5) is 15.9. The van der Waals surface area contributed by atoms with Crippen LogP contribution < -0.4 is 10.5 Å². The first-order valence-corrected chi connectivity index (χ1v) is 17.9. The molecule has 1 aromatic rings. The molecule has 0 radical (unpaired) electrons. The number of carbonyl (C=O) groups is 1. The lowest BCUT2D eigenvalue weighted by molar-refractivity contribution is 0.0427. The van der Waals surface area contributed by atoms with Gasteiger partial charge in [0.1, 0.15) is 5.60 Å². The molecule has 38 heavy (non-hydrogen) atoms. The number of hydrogen-bond acceptors (Lipinski definition) is 6. The van der Waals surface area contributed by atoms with Gasteiger partial charge in [-0.2, -0.15) is 0 Å². The van der Waals surface area contributed by atoms with Gasteiger partial charge in [-0.25, -0.2) is 4.79 Å². The second-order valence-electron chi connectivity index (χ2n) is 13.2. The van der Waals surface area contributed by atoms with Crippen molar-refractivity contribution < 1.29 is 22.8 Å². The molecular formula is C27H50N4O5Si2. The van der Waals surface area contributed by atoms with Crippen LogP contribution in [0.4, 0.5) is 4.79 Å². The number of alkyl carbamates (subject to hydrolysis) is 1. The molecule has 1 rings (SSSR count). The highest BCUT2D eigenvalue weighted by molar-refractivity contribution is 6.83. The van der Waals surface area contributed by atoms with E-state index in [0.29, 0.717) is 6.61 Å².